The van der Waals surface area contributed by atoms with E-state index in [0.717, 1.165) is 13.1 Å². The molecule has 0 amide bonds. The van der Waals surface area contributed by atoms with Crippen LogP contribution in [0.25, 0.3) is 0 Å². The van der Waals surface area contributed by atoms with E-state index in [2.05, 4.69) is 10.0 Å². The van der Waals surface area contributed by atoms with Crippen LogP contribution in [0.4, 0.5) is 0 Å². The van der Waals surface area contributed by atoms with Crippen molar-refractivity contribution in [2.24, 2.45) is 0 Å². The van der Waals surface area contributed by atoms with Crippen molar-refractivity contribution in [2.45, 2.75) is 12.5 Å². The van der Waals surface area contributed by atoms with Gasteiger partial charge in [-0.15, -0.1) is 0 Å². The molecule has 2 aliphatic heterocycles. The van der Waals surface area contributed by atoms with Crippen molar-refractivity contribution in [3.63, 3.8) is 0 Å². The van der Waals surface area contributed by atoms with Crippen LogP contribution in [0.3, 0.4) is 0 Å². The number of rotatable bonds is 1. The Hall–Kier alpha value is -0.170. The molecule has 2 fully saturated rings. The van der Waals surface area contributed by atoms with Crippen molar-refractivity contribution in [2.75, 3.05) is 26.2 Å². The average molecular weight is 191 g/mol. The maximum atomic E-state index is 11.4. The molecular formula is C6H13N3O2S. The summed E-state index contributed by atoms with van der Waals surface area (Å²) < 4.78 is 26.9. The largest absolute Gasteiger partial charge is 0.313 e. The van der Waals surface area contributed by atoms with Gasteiger partial charge in [-0.25, -0.2) is 4.72 Å². The van der Waals surface area contributed by atoms with Gasteiger partial charge in [0.1, 0.15) is 0 Å². The molecule has 0 aromatic carbocycles. The zero-order chi connectivity index (χ0) is 8.82. The number of likely N-dealkylation sites (N-methyl/N-ethyl adjacent to an activating group) is 1. The minimum atomic E-state index is -3.16. The van der Waals surface area contributed by atoms with E-state index in [-0.39, 0.29) is 5.54 Å². The van der Waals surface area contributed by atoms with Crippen LogP contribution in [0.2, 0.25) is 0 Å². The summed E-state index contributed by atoms with van der Waals surface area (Å²) in [6, 6.07) is 0. The molecule has 0 aromatic rings. The molecule has 0 aromatic heterocycles. The number of nitrogens with zero attached hydrogens (tertiary/aromatic N) is 1. The first kappa shape index (κ1) is 8.43. The van der Waals surface area contributed by atoms with Gasteiger partial charge in [0.2, 0.25) is 0 Å². The molecule has 0 unspecified atom stereocenters. The quantitative estimate of drug-likeness (QED) is 0.530. The van der Waals surface area contributed by atoms with Crippen molar-refractivity contribution in [1.29, 1.82) is 0 Å². The molecule has 2 rings (SSSR count). The van der Waals surface area contributed by atoms with Gasteiger partial charge in [0.25, 0.3) is 10.2 Å². The van der Waals surface area contributed by atoms with Gasteiger partial charge in [0.05, 0.1) is 5.54 Å². The fraction of sp³-hybridized carbons (Fsp3) is 1.00. The third-order valence-corrected chi connectivity index (χ3v) is 4.33. The molecule has 70 valence electrons. The summed E-state index contributed by atoms with van der Waals surface area (Å²) in [4.78, 5) is 0. The highest BCUT2D eigenvalue weighted by molar-refractivity contribution is 7.87. The van der Waals surface area contributed by atoms with Crippen molar-refractivity contribution < 1.29 is 8.42 Å². The first-order valence-corrected chi connectivity index (χ1v) is 5.53. The maximum absolute atomic E-state index is 11.4. The molecule has 12 heavy (non-hydrogen) atoms. The second-order valence-electron chi connectivity index (χ2n) is 3.32. The Bertz CT molecular complexity index is 283. The Kier molecular flexibility index (Phi) is 1.69. The van der Waals surface area contributed by atoms with E-state index in [0.29, 0.717) is 13.1 Å². The van der Waals surface area contributed by atoms with Crippen molar-refractivity contribution in [1.82, 2.24) is 14.3 Å². The summed E-state index contributed by atoms with van der Waals surface area (Å²) in [7, 11) is -3.16. The lowest BCUT2D eigenvalue weighted by Crippen LogP contribution is -2.68. The molecule has 2 heterocycles. The van der Waals surface area contributed by atoms with Gasteiger partial charge in [-0.1, -0.05) is 6.92 Å². The second-order valence-corrected chi connectivity index (χ2v) is 5.00. The number of hydrogen-bond donors (Lipinski definition) is 2. The Labute approximate surface area is 72.3 Å². The van der Waals surface area contributed by atoms with Crippen molar-refractivity contribution in [3.8, 4) is 0 Å². The van der Waals surface area contributed by atoms with Crippen LogP contribution in [0.15, 0.2) is 0 Å². The summed E-state index contributed by atoms with van der Waals surface area (Å²) in [5, 5.41) is 3.10. The van der Waals surface area contributed by atoms with E-state index >= 15 is 0 Å². The van der Waals surface area contributed by atoms with Crippen LogP contribution in [0.1, 0.15) is 6.92 Å². The Morgan fingerprint density at radius 2 is 2.08 bits per heavy atom. The van der Waals surface area contributed by atoms with Crippen LogP contribution in [0, 0.1) is 0 Å². The van der Waals surface area contributed by atoms with Crippen LogP contribution < -0.4 is 10.0 Å². The van der Waals surface area contributed by atoms with E-state index < -0.39 is 10.2 Å². The zero-order valence-electron chi connectivity index (χ0n) is 7.00. The van der Waals surface area contributed by atoms with Crippen molar-refractivity contribution in [3.05, 3.63) is 0 Å². The fourth-order valence-electron chi connectivity index (χ4n) is 1.87. The molecule has 0 radical (unpaired) electrons. The maximum Gasteiger partial charge on any atom is 0.280 e. The van der Waals surface area contributed by atoms with Gasteiger partial charge in [-0.3, -0.25) is 0 Å². The lowest BCUT2D eigenvalue weighted by Gasteiger charge is -2.43. The molecule has 0 bridgehead atoms. The van der Waals surface area contributed by atoms with Gasteiger partial charge in [-0.05, 0) is 0 Å². The van der Waals surface area contributed by atoms with Gasteiger partial charge in [0, 0.05) is 26.2 Å². The summed E-state index contributed by atoms with van der Waals surface area (Å²) >= 11 is 0. The summed E-state index contributed by atoms with van der Waals surface area (Å²) in [6.45, 7) is 4.51. The third kappa shape index (κ3) is 0.922. The SMILES string of the molecule is CCN1C2(CNC2)CNS1(=O)=O. The lowest BCUT2D eigenvalue weighted by atomic mass is 9.93. The summed E-state index contributed by atoms with van der Waals surface area (Å²) in [5.74, 6) is 0. The van der Waals surface area contributed by atoms with Crippen LogP contribution in [-0.4, -0.2) is 44.4 Å². The Morgan fingerprint density at radius 1 is 1.42 bits per heavy atom. The highest BCUT2D eigenvalue weighted by atomic mass is 32.2. The van der Waals surface area contributed by atoms with Crippen LogP contribution in [-0.2, 0) is 10.2 Å². The monoisotopic (exact) mass is 191 g/mol. The van der Waals surface area contributed by atoms with E-state index in [1.165, 1.54) is 0 Å². The average Bonchev–Trinajstić information content (AvgIpc) is 2.19. The van der Waals surface area contributed by atoms with Gasteiger partial charge >= 0.3 is 0 Å². The predicted molar refractivity (Wildman–Crippen MR) is 44.9 cm³/mol. The Balaban J connectivity index is 2.30. The van der Waals surface area contributed by atoms with Crippen LogP contribution in [0.5, 0.6) is 0 Å². The molecule has 1 spiro atoms. The highest BCUT2D eigenvalue weighted by Crippen LogP contribution is 2.27. The molecule has 5 nitrogen and oxygen atoms in total. The number of hydrogen-bond acceptors (Lipinski definition) is 3. The zero-order valence-corrected chi connectivity index (χ0v) is 7.82. The topological polar surface area (TPSA) is 61.4 Å². The van der Waals surface area contributed by atoms with E-state index in [4.69, 9.17) is 0 Å². The Morgan fingerprint density at radius 3 is 2.42 bits per heavy atom. The van der Waals surface area contributed by atoms with Gasteiger partial charge < -0.3 is 5.32 Å². The van der Waals surface area contributed by atoms with E-state index in [9.17, 15) is 8.42 Å². The van der Waals surface area contributed by atoms with Crippen molar-refractivity contribution >= 4 is 10.2 Å². The molecule has 0 saturated carbocycles. The third-order valence-electron chi connectivity index (χ3n) is 2.60. The predicted octanol–water partition coefficient (Wildman–Crippen LogP) is -1.50. The molecular weight excluding hydrogens is 178 g/mol. The smallest absolute Gasteiger partial charge is 0.280 e. The molecule has 0 aliphatic carbocycles. The fourth-order valence-corrected chi connectivity index (χ4v) is 3.52. The normalized spacial score (nSPS) is 32.1. The molecule has 6 heteroatoms. The molecule has 2 saturated heterocycles. The first-order chi connectivity index (χ1) is 5.61. The molecule has 0 atom stereocenters. The summed E-state index contributed by atoms with van der Waals surface area (Å²) in [5.41, 5.74) is -0.159. The van der Waals surface area contributed by atoms with Gasteiger partial charge in [-0.2, -0.15) is 12.7 Å². The molecule has 2 aliphatic rings. The van der Waals surface area contributed by atoms with Gasteiger partial charge in [0.15, 0.2) is 0 Å². The molecule has 2 N–H and O–H groups in total. The lowest BCUT2D eigenvalue weighted by molar-refractivity contribution is 0.144. The van der Waals surface area contributed by atoms with Crippen LogP contribution >= 0.6 is 0 Å². The highest BCUT2D eigenvalue weighted by Gasteiger charge is 2.52. The van der Waals surface area contributed by atoms with E-state index in [1.807, 2.05) is 6.92 Å². The minimum absolute atomic E-state index is 0.159. The summed E-state index contributed by atoms with van der Waals surface area (Å²) in [6.07, 6.45) is 0. The standard InChI is InChI=1S/C6H13N3O2S/c1-2-9-6(3-7-4-6)5-8-12(9,10)11/h7-8H,2-5H2,1H3. The second kappa shape index (κ2) is 2.41. The minimum Gasteiger partial charge on any atom is -0.313 e. The first-order valence-electron chi connectivity index (χ1n) is 4.09. The number of nitrogens with one attached hydrogen (secondary N) is 2. The van der Waals surface area contributed by atoms with E-state index in [1.54, 1.807) is 4.31 Å².